The van der Waals surface area contributed by atoms with E-state index in [0.717, 1.165) is 54.4 Å². The second-order valence-corrected chi connectivity index (χ2v) is 13.5. The minimum Gasteiger partial charge on any atom is -0.506 e. The van der Waals surface area contributed by atoms with Gasteiger partial charge >= 0.3 is 0 Å². The van der Waals surface area contributed by atoms with E-state index in [9.17, 15) is 5.11 Å². The Balaban J connectivity index is 1.32. The first-order valence-corrected chi connectivity index (χ1v) is 14.8. The van der Waals surface area contributed by atoms with Crippen LogP contribution in [0.4, 0.5) is 26.6 Å². The van der Waals surface area contributed by atoms with Crippen molar-refractivity contribution in [2.45, 2.75) is 39.0 Å². The number of nitrogens with zero attached hydrogens (tertiary/aromatic N) is 4. The van der Waals surface area contributed by atoms with E-state index in [-0.39, 0.29) is 22.4 Å². The first-order valence-electron chi connectivity index (χ1n) is 13.6. The smallest absolute Gasteiger partial charge is 0.210 e. The van der Waals surface area contributed by atoms with Crippen molar-refractivity contribution in [1.29, 1.82) is 0 Å². The van der Waals surface area contributed by atoms with E-state index in [2.05, 4.69) is 46.1 Å². The molecule has 3 heterocycles. The molecular formula is C31H33ClFN5OS. The van der Waals surface area contributed by atoms with Crippen LogP contribution >= 0.6 is 22.9 Å². The summed E-state index contributed by atoms with van der Waals surface area (Å²) in [6.45, 7) is 10.2. The van der Waals surface area contributed by atoms with Crippen molar-refractivity contribution in [2.24, 2.45) is 5.41 Å². The average Bonchev–Trinajstić information content (AvgIpc) is 3.52. The predicted molar refractivity (Wildman–Crippen MR) is 162 cm³/mol. The molecule has 3 aromatic carbocycles. The van der Waals surface area contributed by atoms with Crippen LogP contribution in [0.15, 0.2) is 60.7 Å². The molecule has 2 aliphatic rings. The number of para-hydroxylation sites is 2. The van der Waals surface area contributed by atoms with Crippen molar-refractivity contribution in [3.8, 4) is 16.3 Å². The molecule has 1 aromatic heterocycles. The lowest BCUT2D eigenvalue weighted by atomic mass is 9.73. The van der Waals surface area contributed by atoms with Crippen molar-refractivity contribution in [3.63, 3.8) is 0 Å². The highest BCUT2D eigenvalue weighted by atomic mass is 35.5. The molecule has 0 amide bonds. The van der Waals surface area contributed by atoms with Crippen LogP contribution in [0.5, 0.6) is 5.75 Å². The summed E-state index contributed by atoms with van der Waals surface area (Å²) in [6, 6.07) is 18.3. The summed E-state index contributed by atoms with van der Waals surface area (Å²) in [5.74, 6) is -0.150. The molecule has 4 aromatic rings. The lowest BCUT2D eigenvalue weighted by molar-refractivity contribution is 0.124. The topological polar surface area (TPSA) is 64.5 Å². The van der Waals surface area contributed by atoms with Gasteiger partial charge in [0.1, 0.15) is 16.6 Å². The standard InChI is InChI=1S/C31H33ClFN5OS/c1-30(2,3)18-37-16-14-31(15-17-37)19-38(27-25(39)13-12-22(33)26(27)31)24-7-5-4-6-23(24)34-29-36-35-28(40-29)20-8-10-21(32)11-9-20/h4-13,39H,14-19H2,1-3H3,(H,34,36). The number of halogens is 2. The number of aromatic hydroxyl groups is 1. The number of piperidine rings is 1. The fraction of sp³-hybridized carbons (Fsp3) is 0.355. The molecule has 0 unspecified atom stereocenters. The molecular weight excluding hydrogens is 545 g/mol. The van der Waals surface area contributed by atoms with Crippen LogP contribution in [0.1, 0.15) is 39.2 Å². The second kappa shape index (κ2) is 10.3. The molecule has 6 nitrogen and oxygen atoms in total. The van der Waals surface area contributed by atoms with Gasteiger partial charge in [0.15, 0.2) is 0 Å². The number of aromatic nitrogens is 2. The first kappa shape index (κ1) is 27.0. The molecule has 0 atom stereocenters. The Morgan fingerprint density at radius 2 is 1.75 bits per heavy atom. The molecule has 6 rings (SSSR count). The fourth-order valence-corrected chi connectivity index (χ4v) is 7.02. The Bertz CT molecular complexity index is 1530. The molecule has 2 aliphatic heterocycles. The molecule has 1 fully saturated rings. The Kier molecular flexibility index (Phi) is 6.97. The highest BCUT2D eigenvalue weighted by Gasteiger charge is 2.48. The van der Waals surface area contributed by atoms with E-state index < -0.39 is 0 Å². The first-order chi connectivity index (χ1) is 19.1. The van der Waals surface area contributed by atoms with Gasteiger partial charge in [-0.15, -0.1) is 10.2 Å². The Hall–Kier alpha value is -3.20. The largest absolute Gasteiger partial charge is 0.506 e. The van der Waals surface area contributed by atoms with Gasteiger partial charge in [0.25, 0.3) is 0 Å². The minimum atomic E-state index is -0.371. The minimum absolute atomic E-state index is 0.0983. The third-order valence-corrected chi connectivity index (χ3v) is 8.97. The third-order valence-electron chi connectivity index (χ3n) is 7.83. The molecule has 0 bridgehead atoms. The summed E-state index contributed by atoms with van der Waals surface area (Å²) in [4.78, 5) is 4.56. The van der Waals surface area contributed by atoms with Gasteiger partial charge in [0, 0.05) is 34.7 Å². The number of anilines is 4. The van der Waals surface area contributed by atoms with Crippen LogP contribution in [0, 0.1) is 11.2 Å². The Morgan fingerprint density at radius 1 is 1.02 bits per heavy atom. The van der Waals surface area contributed by atoms with Gasteiger partial charge in [-0.1, -0.05) is 68.0 Å². The fourth-order valence-electron chi connectivity index (χ4n) is 6.13. The quantitative estimate of drug-likeness (QED) is 0.251. The summed E-state index contributed by atoms with van der Waals surface area (Å²) < 4.78 is 15.6. The Labute approximate surface area is 243 Å². The van der Waals surface area contributed by atoms with Crippen molar-refractivity contribution in [3.05, 3.63) is 77.1 Å². The van der Waals surface area contributed by atoms with E-state index in [1.807, 2.05) is 48.5 Å². The number of phenols is 1. The summed E-state index contributed by atoms with van der Waals surface area (Å²) in [5, 5.41) is 25.3. The summed E-state index contributed by atoms with van der Waals surface area (Å²) >= 11 is 7.49. The van der Waals surface area contributed by atoms with Crippen LogP contribution in [0.3, 0.4) is 0 Å². The molecule has 1 spiro atoms. The van der Waals surface area contributed by atoms with E-state index in [1.54, 1.807) is 0 Å². The van der Waals surface area contributed by atoms with Crippen molar-refractivity contribution < 1.29 is 9.50 Å². The third kappa shape index (κ3) is 5.16. The summed E-state index contributed by atoms with van der Waals surface area (Å²) in [7, 11) is 0. The van der Waals surface area contributed by atoms with Crippen LogP contribution in [0.2, 0.25) is 5.02 Å². The van der Waals surface area contributed by atoms with Crippen LogP contribution in [-0.2, 0) is 5.41 Å². The number of nitrogens with one attached hydrogen (secondary N) is 1. The van der Waals surface area contributed by atoms with Crippen LogP contribution in [-0.4, -0.2) is 46.4 Å². The zero-order valence-corrected chi connectivity index (χ0v) is 24.5. The van der Waals surface area contributed by atoms with Gasteiger partial charge in [-0.05, 0) is 67.7 Å². The van der Waals surface area contributed by atoms with E-state index >= 15 is 4.39 Å². The molecule has 9 heteroatoms. The summed E-state index contributed by atoms with van der Waals surface area (Å²) in [5.41, 5.74) is 3.66. The number of hydrogen-bond acceptors (Lipinski definition) is 7. The number of likely N-dealkylation sites (tertiary alicyclic amines) is 1. The molecule has 208 valence electrons. The zero-order valence-electron chi connectivity index (χ0n) is 22.9. The molecule has 0 aliphatic carbocycles. The van der Waals surface area contributed by atoms with Crippen LogP contribution in [0.25, 0.3) is 10.6 Å². The van der Waals surface area contributed by atoms with Gasteiger partial charge in [0.2, 0.25) is 5.13 Å². The van der Waals surface area contributed by atoms with Gasteiger partial charge in [-0.2, -0.15) is 0 Å². The van der Waals surface area contributed by atoms with Gasteiger partial charge in [0.05, 0.1) is 17.1 Å². The van der Waals surface area contributed by atoms with E-state index in [4.69, 9.17) is 11.6 Å². The maximum absolute atomic E-state index is 15.6. The van der Waals surface area contributed by atoms with E-state index in [1.165, 1.54) is 23.5 Å². The highest BCUT2D eigenvalue weighted by Crippen LogP contribution is 2.55. The van der Waals surface area contributed by atoms with E-state index in [0.29, 0.717) is 27.9 Å². The normalized spacial score (nSPS) is 16.9. The van der Waals surface area contributed by atoms with Crippen LogP contribution < -0.4 is 10.2 Å². The average molecular weight is 578 g/mol. The number of rotatable bonds is 5. The van der Waals surface area contributed by atoms with Crippen molar-refractivity contribution >= 4 is 45.1 Å². The molecule has 2 N–H and O–H groups in total. The number of benzene rings is 3. The molecule has 1 saturated heterocycles. The maximum Gasteiger partial charge on any atom is 0.210 e. The second-order valence-electron chi connectivity index (χ2n) is 12.1. The van der Waals surface area contributed by atoms with Gasteiger partial charge < -0.3 is 20.2 Å². The number of hydrogen-bond donors (Lipinski definition) is 2. The lowest BCUT2D eigenvalue weighted by Crippen LogP contribution is -2.47. The zero-order chi connectivity index (χ0) is 28.1. The molecule has 0 radical (unpaired) electrons. The lowest BCUT2D eigenvalue weighted by Gasteiger charge is -2.42. The molecule has 0 saturated carbocycles. The SMILES string of the molecule is CC(C)(C)CN1CCC2(CC1)CN(c1ccccc1Nc1nnc(-c3ccc(Cl)cc3)s1)c1c(O)ccc(F)c12. The summed E-state index contributed by atoms with van der Waals surface area (Å²) in [6.07, 6.45) is 1.67. The van der Waals surface area contributed by atoms with Gasteiger partial charge in [-0.3, -0.25) is 0 Å². The highest BCUT2D eigenvalue weighted by molar-refractivity contribution is 7.18. The maximum atomic E-state index is 15.6. The van der Waals surface area contributed by atoms with Crippen molar-refractivity contribution in [1.82, 2.24) is 15.1 Å². The predicted octanol–water partition coefficient (Wildman–Crippen LogP) is 7.98. The Morgan fingerprint density at radius 3 is 2.48 bits per heavy atom. The monoisotopic (exact) mass is 577 g/mol. The van der Waals surface area contributed by atoms with Gasteiger partial charge in [-0.25, -0.2) is 4.39 Å². The molecule has 40 heavy (non-hydrogen) atoms. The number of phenolic OH excluding ortho intramolecular Hbond substituents is 1. The van der Waals surface area contributed by atoms with Crippen molar-refractivity contribution in [2.75, 3.05) is 36.4 Å². The number of fused-ring (bicyclic) bond motifs is 2.